The van der Waals surface area contributed by atoms with Gasteiger partial charge >= 0.3 is 0 Å². The van der Waals surface area contributed by atoms with E-state index >= 15 is 0 Å². The van der Waals surface area contributed by atoms with E-state index in [-0.39, 0.29) is 0 Å². The fraction of sp³-hybridized carbons (Fsp3) is 0.125. The Labute approximate surface area is 117 Å². The third-order valence-corrected chi connectivity index (χ3v) is 3.23. The van der Waals surface area contributed by atoms with Crippen molar-refractivity contribution in [1.29, 1.82) is 0 Å². The average molecular weight is 265 g/mol. The lowest BCUT2D eigenvalue weighted by atomic mass is 10.2. The third-order valence-electron chi connectivity index (χ3n) is 3.23. The first-order valence-electron chi connectivity index (χ1n) is 6.38. The van der Waals surface area contributed by atoms with Crippen molar-refractivity contribution in [2.75, 3.05) is 7.11 Å². The van der Waals surface area contributed by atoms with E-state index < -0.39 is 0 Å². The maximum Gasteiger partial charge on any atom is 0.146 e. The van der Waals surface area contributed by atoms with Crippen molar-refractivity contribution < 1.29 is 4.74 Å². The maximum atomic E-state index is 5.27. The van der Waals surface area contributed by atoms with E-state index in [9.17, 15) is 0 Å². The van der Waals surface area contributed by atoms with Gasteiger partial charge in [0.1, 0.15) is 17.1 Å². The van der Waals surface area contributed by atoms with Crippen molar-refractivity contribution in [1.82, 2.24) is 4.57 Å². The van der Waals surface area contributed by atoms with Crippen LogP contribution in [0.2, 0.25) is 0 Å². The predicted molar refractivity (Wildman–Crippen MR) is 80.1 cm³/mol. The first kappa shape index (κ1) is 12.4. The molecule has 4 heteroatoms. The van der Waals surface area contributed by atoms with E-state index in [4.69, 9.17) is 4.74 Å². The van der Waals surface area contributed by atoms with Crippen LogP contribution in [0.3, 0.4) is 0 Å². The lowest BCUT2D eigenvalue weighted by Gasteiger charge is -2.01. The average Bonchev–Trinajstić information content (AvgIpc) is 2.82. The molecule has 0 N–H and O–H groups in total. The standard InChI is InChI=1S/C16H15N3O/c1-19-11-14(12-7-3-5-9-15(12)19)18-17-13-8-4-6-10-16(13)20-2/h3-11H,1-2H3. The van der Waals surface area contributed by atoms with Gasteiger partial charge in [0.05, 0.1) is 12.6 Å². The van der Waals surface area contributed by atoms with Gasteiger partial charge in [-0.3, -0.25) is 0 Å². The monoisotopic (exact) mass is 265 g/mol. The summed E-state index contributed by atoms with van der Waals surface area (Å²) in [5, 5.41) is 9.75. The molecule has 100 valence electrons. The van der Waals surface area contributed by atoms with Gasteiger partial charge in [-0.25, -0.2) is 0 Å². The molecule has 1 aromatic heterocycles. The van der Waals surface area contributed by atoms with E-state index in [0.29, 0.717) is 0 Å². The van der Waals surface area contributed by atoms with Gasteiger partial charge in [0.25, 0.3) is 0 Å². The first-order chi connectivity index (χ1) is 9.79. The molecular weight excluding hydrogens is 250 g/mol. The molecule has 4 nitrogen and oxygen atoms in total. The summed E-state index contributed by atoms with van der Waals surface area (Å²) in [5.74, 6) is 0.719. The van der Waals surface area contributed by atoms with Gasteiger partial charge in [0.2, 0.25) is 0 Å². The fourth-order valence-electron chi connectivity index (χ4n) is 2.22. The quantitative estimate of drug-likeness (QED) is 0.638. The minimum Gasteiger partial charge on any atom is -0.494 e. The molecule has 0 spiro atoms. The topological polar surface area (TPSA) is 38.9 Å². The summed E-state index contributed by atoms with van der Waals surface area (Å²) in [4.78, 5) is 0. The molecule has 0 atom stereocenters. The zero-order valence-electron chi connectivity index (χ0n) is 11.4. The highest BCUT2D eigenvalue weighted by Crippen LogP contribution is 2.32. The number of para-hydroxylation sites is 2. The first-order valence-corrected chi connectivity index (χ1v) is 6.38. The van der Waals surface area contributed by atoms with Crippen LogP contribution in [-0.4, -0.2) is 11.7 Å². The normalized spacial score (nSPS) is 11.3. The molecule has 0 saturated carbocycles. The molecule has 0 saturated heterocycles. The molecule has 3 aromatic rings. The zero-order chi connectivity index (χ0) is 13.9. The Kier molecular flexibility index (Phi) is 3.21. The molecule has 0 radical (unpaired) electrons. The molecule has 1 heterocycles. The number of rotatable bonds is 3. The predicted octanol–water partition coefficient (Wildman–Crippen LogP) is 4.60. The molecule has 0 aliphatic rings. The van der Waals surface area contributed by atoms with Gasteiger partial charge in [0.15, 0.2) is 0 Å². The number of hydrogen-bond acceptors (Lipinski definition) is 3. The molecule has 20 heavy (non-hydrogen) atoms. The second-order valence-corrected chi connectivity index (χ2v) is 4.51. The lowest BCUT2D eigenvalue weighted by molar-refractivity contribution is 0.416. The molecule has 0 unspecified atom stereocenters. The Morgan fingerprint density at radius 1 is 0.900 bits per heavy atom. The van der Waals surface area contributed by atoms with Gasteiger partial charge < -0.3 is 9.30 Å². The van der Waals surface area contributed by atoms with Gasteiger partial charge in [-0.2, -0.15) is 0 Å². The van der Waals surface area contributed by atoms with Crippen LogP contribution in [0.15, 0.2) is 65.0 Å². The number of methoxy groups -OCH3 is 1. The number of benzene rings is 2. The number of aryl methyl sites for hydroxylation is 1. The molecule has 2 aromatic carbocycles. The Morgan fingerprint density at radius 2 is 1.60 bits per heavy atom. The summed E-state index contributed by atoms with van der Waals surface area (Å²) in [6.45, 7) is 0. The Bertz CT molecular complexity index is 774. The minimum absolute atomic E-state index is 0.719. The van der Waals surface area contributed by atoms with Crippen molar-refractivity contribution in [3.63, 3.8) is 0 Å². The van der Waals surface area contributed by atoms with Crippen molar-refractivity contribution in [3.05, 3.63) is 54.7 Å². The number of hydrogen-bond donors (Lipinski definition) is 0. The summed E-state index contributed by atoms with van der Waals surface area (Å²) >= 11 is 0. The largest absolute Gasteiger partial charge is 0.494 e. The number of ether oxygens (including phenoxy) is 1. The molecule has 0 fully saturated rings. The second kappa shape index (κ2) is 5.17. The molecule has 0 amide bonds. The highest BCUT2D eigenvalue weighted by molar-refractivity contribution is 5.91. The molecule has 3 rings (SSSR count). The van der Waals surface area contributed by atoms with Crippen molar-refractivity contribution in [2.24, 2.45) is 17.3 Å². The lowest BCUT2D eigenvalue weighted by Crippen LogP contribution is -1.81. The summed E-state index contributed by atoms with van der Waals surface area (Å²) in [5.41, 5.74) is 2.72. The van der Waals surface area contributed by atoms with Crippen molar-refractivity contribution in [2.45, 2.75) is 0 Å². The van der Waals surface area contributed by atoms with Gasteiger partial charge in [-0.05, 0) is 18.2 Å². The van der Waals surface area contributed by atoms with Crippen LogP contribution in [-0.2, 0) is 7.05 Å². The molecule has 0 aliphatic heterocycles. The van der Waals surface area contributed by atoms with Crippen LogP contribution in [0.4, 0.5) is 11.4 Å². The maximum absolute atomic E-state index is 5.27. The van der Waals surface area contributed by atoms with E-state index in [1.807, 2.05) is 60.3 Å². The van der Waals surface area contributed by atoms with E-state index in [1.54, 1.807) is 7.11 Å². The van der Waals surface area contributed by atoms with Gasteiger partial charge in [-0.15, -0.1) is 10.2 Å². The van der Waals surface area contributed by atoms with Crippen LogP contribution < -0.4 is 4.74 Å². The summed E-state index contributed by atoms with van der Waals surface area (Å²) in [6, 6.07) is 15.7. The Balaban J connectivity index is 2.03. The van der Waals surface area contributed by atoms with Crippen LogP contribution in [0, 0.1) is 0 Å². The van der Waals surface area contributed by atoms with E-state index in [2.05, 4.69) is 16.3 Å². The summed E-state index contributed by atoms with van der Waals surface area (Å²) < 4.78 is 7.32. The fourth-order valence-corrected chi connectivity index (χ4v) is 2.22. The number of nitrogens with zero attached hydrogens (tertiary/aromatic N) is 3. The molecule has 0 aliphatic carbocycles. The SMILES string of the molecule is COc1ccccc1N=Nc1cn(C)c2ccccc12. The molecule has 0 bridgehead atoms. The molecular formula is C16H15N3O. The van der Waals surface area contributed by atoms with Crippen molar-refractivity contribution in [3.8, 4) is 5.75 Å². The number of azo groups is 1. The highest BCUT2D eigenvalue weighted by atomic mass is 16.5. The summed E-state index contributed by atoms with van der Waals surface area (Å²) in [7, 11) is 3.64. The minimum atomic E-state index is 0.719. The van der Waals surface area contributed by atoms with Crippen LogP contribution in [0.5, 0.6) is 5.75 Å². The smallest absolute Gasteiger partial charge is 0.146 e. The van der Waals surface area contributed by atoms with Crippen LogP contribution in [0.25, 0.3) is 10.9 Å². The van der Waals surface area contributed by atoms with Crippen molar-refractivity contribution >= 4 is 22.3 Å². The Hall–Kier alpha value is -2.62. The van der Waals surface area contributed by atoms with Gasteiger partial charge in [0, 0.05) is 18.6 Å². The summed E-state index contributed by atoms with van der Waals surface area (Å²) in [6.07, 6.45) is 1.98. The van der Waals surface area contributed by atoms with E-state index in [0.717, 1.165) is 28.0 Å². The third kappa shape index (κ3) is 2.16. The van der Waals surface area contributed by atoms with Crippen LogP contribution in [0.1, 0.15) is 0 Å². The Morgan fingerprint density at radius 3 is 2.45 bits per heavy atom. The number of aromatic nitrogens is 1. The van der Waals surface area contributed by atoms with Gasteiger partial charge in [-0.1, -0.05) is 30.3 Å². The van der Waals surface area contributed by atoms with Crippen LogP contribution >= 0.6 is 0 Å². The number of fused-ring (bicyclic) bond motifs is 1. The van der Waals surface area contributed by atoms with E-state index in [1.165, 1.54) is 0 Å². The zero-order valence-corrected chi connectivity index (χ0v) is 11.4. The highest BCUT2D eigenvalue weighted by Gasteiger charge is 2.05. The second-order valence-electron chi connectivity index (χ2n) is 4.51.